The van der Waals surface area contributed by atoms with Crippen LogP contribution in [-0.2, 0) is 4.79 Å². The number of rotatable bonds is 5. The van der Waals surface area contributed by atoms with Gasteiger partial charge in [0.15, 0.2) is 0 Å². The second-order valence-electron chi connectivity index (χ2n) is 4.30. The van der Waals surface area contributed by atoms with Crippen molar-refractivity contribution in [3.05, 3.63) is 33.3 Å². The summed E-state index contributed by atoms with van der Waals surface area (Å²) in [7, 11) is 0. The van der Waals surface area contributed by atoms with Crippen molar-refractivity contribution in [2.75, 3.05) is 0 Å². The van der Waals surface area contributed by atoms with Gasteiger partial charge in [-0.25, -0.2) is 4.79 Å². The molecule has 0 fully saturated rings. The minimum atomic E-state index is -1.05. The molecule has 1 amide bonds. The molecule has 4 nitrogen and oxygen atoms in total. The Morgan fingerprint density at radius 1 is 1.47 bits per heavy atom. The molecule has 0 saturated heterocycles. The third kappa shape index (κ3) is 4.21. The van der Waals surface area contributed by atoms with Gasteiger partial charge in [0, 0.05) is 4.47 Å². The summed E-state index contributed by atoms with van der Waals surface area (Å²) in [5.41, 5.74) is 0.263. The Hall–Kier alpha value is -1.07. The summed E-state index contributed by atoms with van der Waals surface area (Å²) in [5.74, 6) is -1.68. The Balaban J connectivity index is 2.91. The first-order valence-corrected chi connectivity index (χ1v) is 7.02. The minimum Gasteiger partial charge on any atom is -0.480 e. The Bertz CT molecular complexity index is 493. The quantitative estimate of drug-likeness (QED) is 0.857. The fourth-order valence-electron chi connectivity index (χ4n) is 1.58. The molecule has 1 rings (SSSR count). The van der Waals surface area contributed by atoms with E-state index in [9.17, 15) is 9.59 Å². The van der Waals surface area contributed by atoms with Crippen molar-refractivity contribution in [3.63, 3.8) is 0 Å². The lowest BCUT2D eigenvalue weighted by molar-refractivity contribution is -0.140. The van der Waals surface area contributed by atoms with Gasteiger partial charge in [-0.05, 0) is 24.1 Å². The molecule has 0 aliphatic heterocycles. The van der Waals surface area contributed by atoms with Crippen LogP contribution in [0.2, 0.25) is 5.02 Å². The highest BCUT2D eigenvalue weighted by molar-refractivity contribution is 9.10. The van der Waals surface area contributed by atoms with Crippen LogP contribution in [0.5, 0.6) is 0 Å². The highest BCUT2D eigenvalue weighted by Gasteiger charge is 2.26. The number of aliphatic carboxylic acids is 1. The van der Waals surface area contributed by atoms with E-state index in [1.807, 2.05) is 6.92 Å². The van der Waals surface area contributed by atoms with Gasteiger partial charge in [0.2, 0.25) is 0 Å². The predicted molar refractivity (Wildman–Crippen MR) is 77.5 cm³/mol. The van der Waals surface area contributed by atoms with Gasteiger partial charge in [-0.1, -0.05) is 47.8 Å². The fraction of sp³-hybridized carbons (Fsp3) is 0.385. The van der Waals surface area contributed by atoms with Crippen molar-refractivity contribution in [3.8, 4) is 0 Å². The van der Waals surface area contributed by atoms with Gasteiger partial charge >= 0.3 is 5.97 Å². The van der Waals surface area contributed by atoms with Crippen LogP contribution in [0.4, 0.5) is 0 Å². The number of carboxylic acid groups (broad SMARTS) is 1. The SMILES string of the molecule is CCC(C)C(NC(=O)c1ccc(Br)cc1Cl)C(=O)O. The average Bonchev–Trinajstić information content (AvgIpc) is 2.34. The molecule has 0 aliphatic carbocycles. The van der Waals surface area contributed by atoms with E-state index in [2.05, 4.69) is 21.2 Å². The Kier molecular flexibility index (Phi) is 5.82. The van der Waals surface area contributed by atoms with Gasteiger partial charge < -0.3 is 10.4 Å². The first kappa shape index (κ1) is 16.0. The van der Waals surface area contributed by atoms with E-state index >= 15 is 0 Å². The zero-order valence-corrected chi connectivity index (χ0v) is 13.0. The summed E-state index contributed by atoms with van der Waals surface area (Å²) in [6, 6.07) is 3.91. The van der Waals surface area contributed by atoms with Gasteiger partial charge in [0.05, 0.1) is 10.6 Å². The van der Waals surface area contributed by atoms with E-state index < -0.39 is 17.9 Å². The molecule has 6 heteroatoms. The van der Waals surface area contributed by atoms with E-state index in [0.717, 1.165) is 4.47 Å². The van der Waals surface area contributed by atoms with Gasteiger partial charge in [0.25, 0.3) is 5.91 Å². The second kappa shape index (κ2) is 6.91. The van der Waals surface area contributed by atoms with Crippen LogP contribution in [0.3, 0.4) is 0 Å². The monoisotopic (exact) mass is 347 g/mol. The van der Waals surface area contributed by atoms with Crippen LogP contribution in [0.15, 0.2) is 22.7 Å². The Labute approximate surface area is 125 Å². The van der Waals surface area contributed by atoms with E-state index in [1.165, 1.54) is 0 Å². The smallest absolute Gasteiger partial charge is 0.326 e. The van der Waals surface area contributed by atoms with Crippen LogP contribution in [0, 0.1) is 5.92 Å². The molecule has 0 saturated carbocycles. The summed E-state index contributed by atoms with van der Waals surface area (Å²) in [6.45, 7) is 3.65. The number of carbonyl (C=O) groups is 2. The molecule has 19 heavy (non-hydrogen) atoms. The number of nitrogens with one attached hydrogen (secondary N) is 1. The first-order chi connectivity index (χ1) is 8.86. The molecule has 2 unspecified atom stereocenters. The number of carboxylic acids is 1. The maximum absolute atomic E-state index is 12.0. The number of benzene rings is 1. The molecule has 2 N–H and O–H groups in total. The molecular formula is C13H15BrClNO3. The summed E-state index contributed by atoms with van der Waals surface area (Å²) < 4.78 is 0.755. The lowest BCUT2D eigenvalue weighted by Gasteiger charge is -2.20. The third-order valence-corrected chi connectivity index (χ3v) is 3.75. The molecule has 0 aromatic heterocycles. The number of halogens is 2. The highest BCUT2D eigenvalue weighted by atomic mass is 79.9. The molecule has 0 heterocycles. The molecule has 0 aliphatic rings. The van der Waals surface area contributed by atoms with Crippen LogP contribution >= 0.6 is 27.5 Å². The average molecular weight is 349 g/mol. The van der Waals surface area contributed by atoms with Gasteiger partial charge in [0.1, 0.15) is 6.04 Å². The van der Waals surface area contributed by atoms with Crippen LogP contribution in [-0.4, -0.2) is 23.0 Å². The maximum atomic E-state index is 12.0. The van der Waals surface area contributed by atoms with E-state index in [0.29, 0.717) is 6.42 Å². The normalized spacial score (nSPS) is 13.7. The largest absolute Gasteiger partial charge is 0.480 e. The third-order valence-electron chi connectivity index (χ3n) is 2.94. The van der Waals surface area contributed by atoms with Crippen molar-refractivity contribution in [1.82, 2.24) is 5.32 Å². The van der Waals surface area contributed by atoms with E-state index in [-0.39, 0.29) is 16.5 Å². The highest BCUT2D eigenvalue weighted by Crippen LogP contribution is 2.21. The number of carbonyl (C=O) groups excluding carboxylic acids is 1. The van der Waals surface area contributed by atoms with Crippen molar-refractivity contribution in [2.24, 2.45) is 5.92 Å². The number of hydrogen-bond acceptors (Lipinski definition) is 2. The lowest BCUT2D eigenvalue weighted by atomic mass is 9.99. The summed E-state index contributed by atoms with van der Waals surface area (Å²) in [5, 5.41) is 11.9. The summed E-state index contributed by atoms with van der Waals surface area (Å²) in [4.78, 5) is 23.2. The molecular weight excluding hydrogens is 334 g/mol. The topological polar surface area (TPSA) is 66.4 Å². The molecule has 2 atom stereocenters. The van der Waals surface area contributed by atoms with Crippen LogP contribution in [0.1, 0.15) is 30.6 Å². The van der Waals surface area contributed by atoms with Crippen molar-refractivity contribution in [1.29, 1.82) is 0 Å². The van der Waals surface area contributed by atoms with Crippen LogP contribution < -0.4 is 5.32 Å². The first-order valence-electron chi connectivity index (χ1n) is 5.85. The van der Waals surface area contributed by atoms with E-state index in [1.54, 1.807) is 25.1 Å². The standard InChI is InChI=1S/C13H15BrClNO3/c1-3-7(2)11(13(18)19)16-12(17)9-5-4-8(14)6-10(9)15/h4-7,11H,3H2,1-2H3,(H,16,17)(H,18,19). The Morgan fingerprint density at radius 3 is 2.58 bits per heavy atom. The molecule has 104 valence electrons. The van der Waals surface area contributed by atoms with Gasteiger partial charge in [-0.15, -0.1) is 0 Å². The molecule has 1 aromatic rings. The summed E-state index contributed by atoms with van der Waals surface area (Å²) in [6.07, 6.45) is 0.658. The second-order valence-corrected chi connectivity index (χ2v) is 5.62. The zero-order valence-electron chi connectivity index (χ0n) is 10.6. The predicted octanol–water partition coefficient (Wildman–Crippen LogP) is 3.33. The van der Waals surface area contributed by atoms with Gasteiger partial charge in [-0.2, -0.15) is 0 Å². The molecule has 0 spiro atoms. The summed E-state index contributed by atoms with van der Waals surface area (Å²) >= 11 is 9.21. The zero-order chi connectivity index (χ0) is 14.6. The minimum absolute atomic E-state index is 0.157. The molecule has 0 bridgehead atoms. The molecule has 0 radical (unpaired) electrons. The number of amides is 1. The fourth-order valence-corrected chi connectivity index (χ4v) is 2.33. The maximum Gasteiger partial charge on any atom is 0.326 e. The lowest BCUT2D eigenvalue weighted by Crippen LogP contribution is -2.45. The Morgan fingerprint density at radius 2 is 2.11 bits per heavy atom. The van der Waals surface area contributed by atoms with Crippen LogP contribution in [0.25, 0.3) is 0 Å². The van der Waals surface area contributed by atoms with Crippen molar-refractivity contribution < 1.29 is 14.7 Å². The van der Waals surface area contributed by atoms with Gasteiger partial charge in [-0.3, -0.25) is 4.79 Å². The molecule has 1 aromatic carbocycles. The number of hydrogen-bond donors (Lipinski definition) is 2. The van der Waals surface area contributed by atoms with Crippen molar-refractivity contribution >= 4 is 39.4 Å². The van der Waals surface area contributed by atoms with Crippen molar-refractivity contribution in [2.45, 2.75) is 26.3 Å². The van der Waals surface area contributed by atoms with E-state index in [4.69, 9.17) is 16.7 Å².